The van der Waals surface area contributed by atoms with Gasteiger partial charge < -0.3 is 10.2 Å². The topological polar surface area (TPSA) is 74.6 Å². The van der Waals surface area contributed by atoms with Crippen molar-refractivity contribution in [1.82, 2.24) is 0 Å². The first-order valence-corrected chi connectivity index (χ1v) is 14.0. The number of carboxylic acid groups (broad SMARTS) is 2. The average Bonchev–Trinajstić information content (AvgIpc) is 2.83. The summed E-state index contributed by atoms with van der Waals surface area (Å²) in [5.74, 6) is -3.41. The lowest BCUT2D eigenvalue weighted by Crippen LogP contribution is -2.14. The largest absolute Gasteiger partial charge is 0.478 e. The number of carbonyl (C=O) groups is 2. The fourth-order valence-corrected chi connectivity index (χ4v) is 7.01. The number of benzene rings is 3. The molecule has 0 fully saturated rings. The quantitative estimate of drug-likeness (QED) is 0.154. The lowest BCUT2D eigenvalue weighted by atomic mass is 9.83. The first-order valence-electron chi connectivity index (χ1n) is 9.06. The highest BCUT2D eigenvalue weighted by Crippen LogP contribution is 2.57. The van der Waals surface area contributed by atoms with Gasteiger partial charge in [-0.1, -0.05) is 151 Å². The molecule has 1 radical (unpaired) electrons. The lowest BCUT2D eigenvalue weighted by molar-refractivity contribution is 0.0686. The van der Waals surface area contributed by atoms with Gasteiger partial charge in [0.1, 0.15) is 0 Å². The van der Waals surface area contributed by atoms with Crippen molar-refractivity contribution in [3.63, 3.8) is 0 Å². The monoisotopic (exact) mass is 773 g/mol. The molecule has 3 rings (SSSR count). The Morgan fingerprint density at radius 1 is 0.316 bits per heavy atom. The summed E-state index contributed by atoms with van der Waals surface area (Å²) in [6.45, 7) is 0. The van der Waals surface area contributed by atoms with Crippen LogP contribution in [0.1, 0.15) is 37.4 Å². The number of rotatable bonds is 5. The Kier molecular flexibility index (Phi) is 10.7. The third-order valence-corrected chi connectivity index (χ3v) is 10.6. The van der Waals surface area contributed by atoms with Crippen molar-refractivity contribution in [2.75, 3.05) is 0 Å². The van der Waals surface area contributed by atoms with Crippen molar-refractivity contribution < 1.29 is 19.8 Å². The van der Waals surface area contributed by atoms with E-state index >= 15 is 0 Å². The van der Waals surface area contributed by atoms with Gasteiger partial charge in [-0.2, -0.15) is 0 Å². The number of hydrogen-bond donors (Lipinski definition) is 2. The van der Waals surface area contributed by atoms with Crippen LogP contribution < -0.4 is 0 Å². The molecule has 0 unspecified atom stereocenters. The van der Waals surface area contributed by atoms with Crippen LogP contribution in [0.15, 0.2) is 0 Å². The molecule has 3 aromatic carbocycles. The molecule has 0 aliphatic rings. The number of halogens is 13. The minimum Gasteiger partial charge on any atom is -0.478 e. The minimum atomic E-state index is -1.56. The Labute approximate surface area is 278 Å². The number of hydrogen-bond acceptors (Lipinski definition) is 2. The summed E-state index contributed by atoms with van der Waals surface area (Å²) in [6, 6.07) is 0. The summed E-state index contributed by atoms with van der Waals surface area (Å²) in [4.78, 5) is 23.6. The molecule has 0 saturated carbocycles. The molecule has 3 aromatic rings. The van der Waals surface area contributed by atoms with Gasteiger partial charge in [-0.3, -0.25) is 0 Å². The van der Waals surface area contributed by atoms with Crippen molar-refractivity contribution in [3.8, 4) is 0 Å². The fourth-order valence-electron chi connectivity index (χ4n) is 3.28. The zero-order valence-corrected chi connectivity index (χ0v) is 27.0. The van der Waals surface area contributed by atoms with Gasteiger partial charge in [-0.15, -0.1) is 0 Å². The molecule has 0 heterocycles. The SMILES string of the molecule is O=C(O)c1c(Cl)c(Cl)c([C](c2c(Cl)c(Cl)c(Cl)c(Cl)c2Cl)c2c(Cl)c(Cl)c(C(=O)O)c(Cl)c2Cl)c(Cl)c1Cl. The summed E-state index contributed by atoms with van der Waals surface area (Å²) in [5.41, 5.74) is -2.14. The van der Waals surface area contributed by atoms with Crippen LogP contribution in [-0.4, -0.2) is 22.2 Å². The summed E-state index contributed by atoms with van der Waals surface area (Å²) >= 11 is 82.9. The summed E-state index contributed by atoms with van der Waals surface area (Å²) in [6.07, 6.45) is 0. The highest BCUT2D eigenvalue weighted by atomic mass is 35.5. The average molecular weight is 779 g/mol. The molecule has 0 saturated heterocycles. The van der Waals surface area contributed by atoms with E-state index in [2.05, 4.69) is 0 Å². The molecule has 201 valence electrons. The van der Waals surface area contributed by atoms with E-state index in [-0.39, 0.29) is 47.7 Å². The summed E-state index contributed by atoms with van der Waals surface area (Å²) < 4.78 is 0. The van der Waals surface area contributed by atoms with Crippen molar-refractivity contribution in [1.29, 1.82) is 0 Å². The first kappa shape index (κ1) is 32.9. The van der Waals surface area contributed by atoms with E-state index in [0.29, 0.717) is 0 Å². The second-order valence-corrected chi connectivity index (χ2v) is 11.9. The highest BCUT2D eigenvalue weighted by molar-refractivity contribution is 6.57. The molecule has 0 aliphatic carbocycles. The molecule has 0 aromatic heterocycles. The summed E-state index contributed by atoms with van der Waals surface area (Å²) in [5, 5.41) is 13.6. The smallest absolute Gasteiger partial charge is 0.338 e. The predicted molar refractivity (Wildman–Crippen MR) is 159 cm³/mol. The molecule has 17 heteroatoms. The van der Waals surface area contributed by atoms with Gasteiger partial charge in [-0.05, 0) is 0 Å². The van der Waals surface area contributed by atoms with E-state index in [1.807, 2.05) is 0 Å². The van der Waals surface area contributed by atoms with Crippen molar-refractivity contribution in [3.05, 3.63) is 99.0 Å². The van der Waals surface area contributed by atoms with Gasteiger partial charge in [0, 0.05) is 16.7 Å². The zero-order chi connectivity index (χ0) is 29.1. The van der Waals surface area contributed by atoms with Gasteiger partial charge in [-0.25, -0.2) is 9.59 Å². The van der Waals surface area contributed by atoms with Crippen LogP contribution in [0.3, 0.4) is 0 Å². The normalized spacial score (nSPS) is 11.4. The molecule has 2 N–H and O–H groups in total. The van der Waals surface area contributed by atoms with Gasteiger partial charge in [0.15, 0.2) is 0 Å². The van der Waals surface area contributed by atoms with Gasteiger partial charge in [0.2, 0.25) is 0 Å². The number of aromatic carboxylic acids is 2. The van der Waals surface area contributed by atoms with Crippen molar-refractivity contribution in [2.45, 2.75) is 0 Å². The third-order valence-electron chi connectivity index (χ3n) is 4.91. The van der Waals surface area contributed by atoms with E-state index in [1.54, 1.807) is 0 Å². The Morgan fingerprint density at radius 3 is 0.684 bits per heavy atom. The lowest BCUT2D eigenvalue weighted by Gasteiger charge is -2.28. The third kappa shape index (κ3) is 5.33. The first-order chi connectivity index (χ1) is 17.5. The van der Waals surface area contributed by atoms with E-state index < -0.39 is 63.2 Å². The van der Waals surface area contributed by atoms with Crippen molar-refractivity contribution in [2.24, 2.45) is 0 Å². The molecule has 0 spiro atoms. The predicted octanol–water partition coefficient (Wildman–Crippen LogP) is 12.6. The standard InChI is InChI=1S/C21H2Cl13O4/c22-7-2(8(23)14(29)5(13(7)28)20(35)36)1(4-11(26)17(32)19(34)18(33)12(4)27)3-9(24)15(30)6(21(37)38)16(31)10(3)25/h(H,35,36)(H,37,38). The second kappa shape index (κ2) is 12.3. The Balaban J connectivity index is 2.71. The summed E-state index contributed by atoms with van der Waals surface area (Å²) in [7, 11) is 0. The van der Waals surface area contributed by atoms with Crippen LogP contribution >= 0.6 is 151 Å². The second-order valence-electron chi connectivity index (χ2n) is 6.94. The van der Waals surface area contributed by atoms with E-state index in [1.165, 1.54) is 0 Å². The van der Waals surface area contributed by atoms with Crippen molar-refractivity contribution >= 4 is 163 Å². The van der Waals surface area contributed by atoms with Crippen LogP contribution in [0, 0.1) is 5.92 Å². The Bertz CT molecular complexity index is 1400. The molecule has 38 heavy (non-hydrogen) atoms. The number of carboxylic acids is 2. The molecule has 4 nitrogen and oxygen atoms in total. The molecule has 0 atom stereocenters. The maximum absolute atomic E-state index is 11.8. The molecular weight excluding hydrogens is 777 g/mol. The maximum Gasteiger partial charge on any atom is 0.338 e. The fraction of sp³-hybridized carbons (Fsp3) is 0. The molecular formula is C21H2Cl13O4. The van der Waals surface area contributed by atoms with Crippen LogP contribution in [0.25, 0.3) is 0 Å². The van der Waals surface area contributed by atoms with E-state index in [9.17, 15) is 19.8 Å². The molecule has 0 bridgehead atoms. The zero-order valence-electron chi connectivity index (χ0n) is 17.1. The van der Waals surface area contributed by atoms with Crippen LogP contribution in [0.2, 0.25) is 65.3 Å². The minimum absolute atomic E-state index is 0.226. The Morgan fingerprint density at radius 2 is 0.474 bits per heavy atom. The van der Waals surface area contributed by atoms with Crippen LogP contribution in [-0.2, 0) is 0 Å². The van der Waals surface area contributed by atoms with Gasteiger partial charge in [0.25, 0.3) is 0 Å². The maximum atomic E-state index is 11.8. The highest BCUT2D eigenvalue weighted by Gasteiger charge is 2.39. The van der Waals surface area contributed by atoms with Crippen LogP contribution in [0.5, 0.6) is 0 Å². The van der Waals surface area contributed by atoms with Gasteiger partial charge >= 0.3 is 11.9 Å². The van der Waals surface area contributed by atoms with Crippen LogP contribution in [0.4, 0.5) is 0 Å². The molecule has 0 amide bonds. The van der Waals surface area contributed by atoms with E-state index in [0.717, 1.165) is 0 Å². The van der Waals surface area contributed by atoms with E-state index in [4.69, 9.17) is 151 Å². The van der Waals surface area contributed by atoms with Gasteiger partial charge in [0.05, 0.1) is 82.3 Å². The molecule has 0 aliphatic heterocycles. The Hall–Kier alpha value is 0.370.